The number of rotatable bonds is 10. The number of likely N-dealkylation sites (tertiary alicyclic amines) is 1. The van der Waals surface area contributed by atoms with E-state index < -0.39 is 0 Å². The quantitative estimate of drug-likeness (QED) is 0.343. The normalized spacial score (nSPS) is 17.4. The fraction of sp³-hybridized carbons (Fsp3) is 0.857. The van der Waals surface area contributed by atoms with Gasteiger partial charge in [-0.2, -0.15) is 11.8 Å². The number of aromatic nitrogens is 3. The second-order valence-electron chi connectivity index (χ2n) is 8.30. The van der Waals surface area contributed by atoms with Crippen molar-refractivity contribution in [2.24, 2.45) is 18.0 Å². The number of guanidine groups is 1. The Balaban J connectivity index is 1.99. The van der Waals surface area contributed by atoms with Crippen molar-refractivity contribution in [1.29, 1.82) is 0 Å². The highest BCUT2D eigenvalue weighted by atomic mass is 32.2. The van der Waals surface area contributed by atoms with Crippen LogP contribution in [0.3, 0.4) is 0 Å². The molecule has 8 heteroatoms. The zero-order valence-corrected chi connectivity index (χ0v) is 19.9. The van der Waals surface area contributed by atoms with Crippen LogP contribution < -0.4 is 10.6 Å². The van der Waals surface area contributed by atoms with Gasteiger partial charge in [-0.3, -0.25) is 4.90 Å². The Labute approximate surface area is 181 Å². The minimum Gasteiger partial charge on any atom is -0.356 e. The summed E-state index contributed by atoms with van der Waals surface area (Å²) >= 11 is 1.88. The highest BCUT2D eigenvalue weighted by molar-refractivity contribution is 7.98. The van der Waals surface area contributed by atoms with E-state index in [1.807, 2.05) is 30.3 Å². The van der Waals surface area contributed by atoms with Crippen LogP contribution in [0.4, 0.5) is 0 Å². The van der Waals surface area contributed by atoms with Crippen LogP contribution in [0.5, 0.6) is 0 Å². The Morgan fingerprint density at radius 1 is 1.14 bits per heavy atom. The van der Waals surface area contributed by atoms with E-state index in [9.17, 15) is 0 Å². The van der Waals surface area contributed by atoms with Crippen molar-refractivity contribution in [3.05, 3.63) is 11.6 Å². The lowest BCUT2D eigenvalue weighted by Gasteiger charge is -2.34. The van der Waals surface area contributed by atoms with Crippen LogP contribution in [0.15, 0.2) is 4.99 Å². The lowest BCUT2D eigenvalue weighted by atomic mass is 10.0. The van der Waals surface area contributed by atoms with Crippen LogP contribution in [0.2, 0.25) is 0 Å². The summed E-state index contributed by atoms with van der Waals surface area (Å²) < 4.78 is 2.00. The maximum Gasteiger partial charge on any atom is 0.191 e. The van der Waals surface area contributed by atoms with E-state index in [0.717, 1.165) is 42.9 Å². The maximum atomic E-state index is 4.81. The summed E-state index contributed by atoms with van der Waals surface area (Å²) in [4.78, 5) is 7.49. The lowest BCUT2D eigenvalue weighted by molar-refractivity contribution is 0.161. The first-order valence-corrected chi connectivity index (χ1v) is 12.5. The molecule has 1 atom stereocenters. The molecule has 1 saturated heterocycles. The van der Waals surface area contributed by atoms with E-state index in [0.29, 0.717) is 18.5 Å². The first-order chi connectivity index (χ1) is 14.0. The summed E-state index contributed by atoms with van der Waals surface area (Å²) in [6, 6.07) is 0.531. The van der Waals surface area contributed by atoms with Crippen molar-refractivity contribution in [3.8, 4) is 0 Å². The molecule has 0 radical (unpaired) electrons. The van der Waals surface area contributed by atoms with Gasteiger partial charge in [0, 0.05) is 26.2 Å². The van der Waals surface area contributed by atoms with Crippen molar-refractivity contribution in [2.75, 3.05) is 38.2 Å². The third-order valence-electron chi connectivity index (χ3n) is 5.74. The van der Waals surface area contributed by atoms with Crippen molar-refractivity contribution in [1.82, 2.24) is 30.3 Å². The lowest BCUT2D eigenvalue weighted by Crippen LogP contribution is -2.50. The molecule has 2 rings (SSSR count). The van der Waals surface area contributed by atoms with Gasteiger partial charge in [0.15, 0.2) is 11.8 Å². The van der Waals surface area contributed by atoms with Crippen LogP contribution >= 0.6 is 11.8 Å². The average Bonchev–Trinajstić information content (AvgIpc) is 2.90. The molecule has 1 aromatic rings. The Morgan fingerprint density at radius 3 is 2.45 bits per heavy atom. The topological polar surface area (TPSA) is 70.4 Å². The largest absolute Gasteiger partial charge is 0.356 e. The van der Waals surface area contributed by atoms with Crippen molar-refractivity contribution in [2.45, 2.75) is 65.5 Å². The molecule has 0 aromatic carbocycles. The van der Waals surface area contributed by atoms with Crippen molar-refractivity contribution >= 4 is 17.7 Å². The number of thioether (sulfide) groups is 1. The minimum absolute atomic E-state index is 0.531. The van der Waals surface area contributed by atoms with Crippen LogP contribution in [-0.2, 0) is 13.6 Å². The molecule has 29 heavy (non-hydrogen) atoms. The molecule has 1 unspecified atom stereocenters. The number of nitrogens with zero attached hydrogens (tertiary/aromatic N) is 5. The van der Waals surface area contributed by atoms with Gasteiger partial charge >= 0.3 is 0 Å². The fourth-order valence-electron chi connectivity index (χ4n) is 3.75. The molecule has 1 fully saturated rings. The number of nitrogens with one attached hydrogen (secondary N) is 2. The van der Waals surface area contributed by atoms with E-state index in [1.165, 1.54) is 38.8 Å². The smallest absolute Gasteiger partial charge is 0.191 e. The number of hydrogen-bond donors (Lipinski definition) is 2. The molecule has 0 saturated carbocycles. The summed E-state index contributed by atoms with van der Waals surface area (Å²) in [5.41, 5.74) is 0. The molecule has 0 bridgehead atoms. The summed E-state index contributed by atoms with van der Waals surface area (Å²) in [7, 11) is 1.99. The van der Waals surface area contributed by atoms with Crippen LogP contribution in [0, 0.1) is 12.8 Å². The maximum absolute atomic E-state index is 4.81. The first kappa shape index (κ1) is 24.0. The predicted molar refractivity (Wildman–Crippen MR) is 125 cm³/mol. The molecule has 7 nitrogen and oxygen atoms in total. The summed E-state index contributed by atoms with van der Waals surface area (Å²) in [5, 5.41) is 15.5. The molecule has 0 amide bonds. The van der Waals surface area contributed by atoms with Crippen LogP contribution in [0.1, 0.15) is 57.6 Å². The van der Waals surface area contributed by atoms with Gasteiger partial charge in [-0.05, 0) is 57.2 Å². The second kappa shape index (κ2) is 13.1. The number of aliphatic imine (C=N–C) groups is 1. The van der Waals surface area contributed by atoms with E-state index in [4.69, 9.17) is 4.99 Å². The third-order valence-corrected chi connectivity index (χ3v) is 6.43. The van der Waals surface area contributed by atoms with E-state index in [2.05, 4.69) is 45.8 Å². The van der Waals surface area contributed by atoms with Gasteiger partial charge in [0.25, 0.3) is 0 Å². The highest BCUT2D eigenvalue weighted by Gasteiger charge is 2.23. The fourth-order valence-corrected chi connectivity index (χ4v) is 4.18. The summed E-state index contributed by atoms with van der Waals surface area (Å²) in [6.07, 6.45) is 8.67. The average molecular weight is 424 g/mol. The number of aryl methyl sites for hydroxylation is 1. The van der Waals surface area contributed by atoms with Gasteiger partial charge in [0.2, 0.25) is 0 Å². The SMILES string of the molecule is CSCCCNC(=NCc1nnc(C)n1C)NCC(C(C)C)N1CCCCCC1. The van der Waals surface area contributed by atoms with E-state index in [1.54, 1.807) is 0 Å². The molecule has 166 valence electrons. The zero-order valence-electron chi connectivity index (χ0n) is 19.1. The molecule has 2 N–H and O–H groups in total. The predicted octanol–water partition coefficient (Wildman–Crippen LogP) is 2.81. The van der Waals surface area contributed by atoms with Crippen molar-refractivity contribution < 1.29 is 0 Å². The molecular weight excluding hydrogens is 382 g/mol. The zero-order chi connectivity index (χ0) is 21.1. The minimum atomic E-state index is 0.531. The molecule has 0 spiro atoms. The van der Waals surface area contributed by atoms with E-state index >= 15 is 0 Å². The van der Waals surface area contributed by atoms with E-state index in [-0.39, 0.29) is 0 Å². The van der Waals surface area contributed by atoms with Crippen molar-refractivity contribution in [3.63, 3.8) is 0 Å². The summed E-state index contributed by atoms with van der Waals surface area (Å²) in [6.45, 7) is 11.5. The summed E-state index contributed by atoms with van der Waals surface area (Å²) in [5.74, 6) is 4.46. The van der Waals surface area contributed by atoms with Gasteiger partial charge in [-0.15, -0.1) is 10.2 Å². The van der Waals surface area contributed by atoms with Crippen LogP contribution in [0.25, 0.3) is 0 Å². The van der Waals surface area contributed by atoms with Crippen LogP contribution in [-0.4, -0.2) is 69.9 Å². The molecule has 1 aliphatic heterocycles. The van der Waals surface area contributed by atoms with Gasteiger partial charge in [-0.25, -0.2) is 4.99 Å². The molecule has 1 aliphatic rings. The van der Waals surface area contributed by atoms with Gasteiger partial charge in [0.05, 0.1) is 0 Å². The third kappa shape index (κ3) is 8.16. The molecule has 0 aliphatic carbocycles. The standard InChI is InChI=1S/C21H41N7S/c1-17(2)19(28-12-8-6-7-9-13-28)15-23-21(22-11-10-14-29-5)24-16-20-26-25-18(3)27(20)4/h17,19H,6-16H2,1-5H3,(H2,22,23,24). The highest BCUT2D eigenvalue weighted by Crippen LogP contribution is 2.17. The monoisotopic (exact) mass is 423 g/mol. The number of hydrogen-bond acceptors (Lipinski definition) is 5. The Hall–Kier alpha value is -1.28. The van der Waals surface area contributed by atoms with Gasteiger partial charge in [0.1, 0.15) is 12.4 Å². The van der Waals surface area contributed by atoms with Gasteiger partial charge < -0.3 is 15.2 Å². The Kier molecular flexibility index (Phi) is 10.8. The first-order valence-electron chi connectivity index (χ1n) is 11.1. The second-order valence-corrected chi connectivity index (χ2v) is 9.29. The molecule has 1 aromatic heterocycles. The molecule has 2 heterocycles. The Morgan fingerprint density at radius 2 is 1.86 bits per heavy atom. The Bertz CT molecular complexity index is 606. The molecular formula is C21H41N7S. The van der Waals surface area contributed by atoms with Gasteiger partial charge in [-0.1, -0.05) is 26.7 Å².